The van der Waals surface area contributed by atoms with Crippen molar-refractivity contribution in [1.82, 2.24) is 0 Å². The Labute approximate surface area is 68.5 Å². The molecule has 70 valence electrons. The van der Waals surface area contributed by atoms with Gasteiger partial charge in [-0.25, -0.2) is 0 Å². The smallest absolute Gasteiger partial charge is 0.108 e. The first kappa shape index (κ1) is 11.2. The molecular formula is C5H11N3O4. The Hall–Kier alpha value is -0.850. The molecule has 0 aromatic heterocycles. The summed E-state index contributed by atoms with van der Waals surface area (Å²) in [6.07, 6.45) is -4.28. The van der Waals surface area contributed by atoms with Crippen molar-refractivity contribution in [2.45, 2.75) is 18.3 Å². The van der Waals surface area contributed by atoms with Gasteiger partial charge < -0.3 is 20.4 Å². The monoisotopic (exact) mass is 177 g/mol. The van der Waals surface area contributed by atoms with E-state index in [1.807, 2.05) is 0 Å². The molecule has 12 heavy (non-hydrogen) atoms. The molecule has 0 saturated heterocycles. The second-order valence-corrected chi connectivity index (χ2v) is 2.22. The van der Waals surface area contributed by atoms with Gasteiger partial charge >= 0.3 is 0 Å². The van der Waals surface area contributed by atoms with E-state index in [1.54, 1.807) is 0 Å². The lowest BCUT2D eigenvalue weighted by Gasteiger charge is -2.19. The van der Waals surface area contributed by atoms with Gasteiger partial charge in [0.15, 0.2) is 0 Å². The predicted octanol–water partition coefficient (Wildman–Crippen LogP) is -1.63. The Balaban J connectivity index is 3.90. The standard InChI is InChI=1S/C5H11N3O4/c6-8-7-1-3(10)5(12)4(11)2-9/h3-5,9-12H,1-2H2/t3-,4?,5?/m1/s1. The molecule has 0 saturated carbocycles. The molecule has 0 fully saturated rings. The van der Waals surface area contributed by atoms with Crippen molar-refractivity contribution < 1.29 is 20.4 Å². The van der Waals surface area contributed by atoms with Gasteiger partial charge in [0, 0.05) is 4.91 Å². The highest BCUT2D eigenvalue weighted by Crippen LogP contribution is 2.00. The summed E-state index contributed by atoms with van der Waals surface area (Å²) in [6.45, 7) is -0.997. The predicted molar refractivity (Wildman–Crippen MR) is 39.1 cm³/mol. The van der Waals surface area contributed by atoms with Crippen molar-refractivity contribution in [2.24, 2.45) is 5.11 Å². The second-order valence-electron chi connectivity index (χ2n) is 2.22. The molecule has 7 heteroatoms. The van der Waals surface area contributed by atoms with E-state index in [2.05, 4.69) is 10.0 Å². The number of azide groups is 1. The van der Waals surface area contributed by atoms with Crippen molar-refractivity contribution in [3.05, 3.63) is 10.4 Å². The van der Waals surface area contributed by atoms with Crippen LogP contribution >= 0.6 is 0 Å². The molecule has 0 bridgehead atoms. The van der Waals surface area contributed by atoms with Crippen LogP contribution in [0.5, 0.6) is 0 Å². The lowest BCUT2D eigenvalue weighted by atomic mass is 10.1. The van der Waals surface area contributed by atoms with Gasteiger partial charge in [-0.1, -0.05) is 5.11 Å². The molecule has 0 radical (unpaired) electrons. The lowest BCUT2D eigenvalue weighted by Crippen LogP contribution is -2.40. The Bertz CT molecular complexity index is 170. The van der Waals surface area contributed by atoms with Crippen LogP contribution in [0.2, 0.25) is 0 Å². The number of aliphatic hydroxyl groups is 4. The fourth-order valence-corrected chi connectivity index (χ4v) is 0.593. The molecule has 0 aromatic rings. The maximum atomic E-state index is 8.97. The van der Waals surface area contributed by atoms with Crippen molar-refractivity contribution in [2.75, 3.05) is 13.2 Å². The summed E-state index contributed by atoms with van der Waals surface area (Å²) >= 11 is 0. The number of hydrogen-bond acceptors (Lipinski definition) is 5. The minimum Gasteiger partial charge on any atom is -0.394 e. The van der Waals surface area contributed by atoms with Crippen molar-refractivity contribution >= 4 is 0 Å². The summed E-state index contributed by atoms with van der Waals surface area (Å²) in [5.41, 5.74) is 7.85. The molecule has 0 aliphatic heterocycles. The molecule has 0 amide bonds. The van der Waals surface area contributed by atoms with E-state index in [-0.39, 0.29) is 6.54 Å². The molecule has 0 heterocycles. The fourth-order valence-electron chi connectivity index (χ4n) is 0.593. The van der Waals surface area contributed by atoms with Crippen LogP contribution < -0.4 is 0 Å². The Kier molecular flexibility index (Phi) is 5.35. The topological polar surface area (TPSA) is 130 Å². The minimum absolute atomic E-state index is 0.339. The van der Waals surface area contributed by atoms with Crippen molar-refractivity contribution in [3.63, 3.8) is 0 Å². The molecule has 2 unspecified atom stereocenters. The average molecular weight is 177 g/mol. The number of aliphatic hydroxyl groups excluding tert-OH is 4. The SMILES string of the molecule is [N-]=[N+]=NC[C@@H](O)C(O)C(O)CO. The molecular weight excluding hydrogens is 166 g/mol. The summed E-state index contributed by atoms with van der Waals surface area (Å²) < 4.78 is 0. The molecule has 0 spiro atoms. The van der Waals surface area contributed by atoms with Crippen LogP contribution in [0, 0.1) is 0 Å². The van der Waals surface area contributed by atoms with Crippen LogP contribution in [0.15, 0.2) is 5.11 Å². The number of rotatable bonds is 5. The largest absolute Gasteiger partial charge is 0.394 e. The molecule has 0 aliphatic carbocycles. The zero-order valence-corrected chi connectivity index (χ0v) is 6.28. The van der Waals surface area contributed by atoms with E-state index in [0.717, 1.165) is 0 Å². The van der Waals surface area contributed by atoms with Crippen LogP contribution in [0.1, 0.15) is 0 Å². The van der Waals surface area contributed by atoms with E-state index in [9.17, 15) is 0 Å². The highest BCUT2D eigenvalue weighted by atomic mass is 16.4. The summed E-state index contributed by atoms with van der Waals surface area (Å²) in [5, 5.41) is 38.1. The van der Waals surface area contributed by atoms with Gasteiger partial charge in [0.05, 0.1) is 19.3 Å². The van der Waals surface area contributed by atoms with E-state index in [0.29, 0.717) is 0 Å². The van der Waals surface area contributed by atoms with Gasteiger partial charge in [-0.3, -0.25) is 0 Å². The van der Waals surface area contributed by atoms with Crippen LogP contribution in [0.4, 0.5) is 0 Å². The summed E-state index contributed by atoms with van der Waals surface area (Å²) in [5.74, 6) is 0. The quantitative estimate of drug-likeness (QED) is 0.228. The van der Waals surface area contributed by atoms with Gasteiger partial charge in [0.2, 0.25) is 0 Å². The van der Waals surface area contributed by atoms with E-state index in [1.165, 1.54) is 0 Å². The number of nitrogens with zero attached hydrogens (tertiary/aromatic N) is 3. The van der Waals surface area contributed by atoms with Crippen molar-refractivity contribution in [3.8, 4) is 0 Å². The average Bonchev–Trinajstić information content (AvgIpc) is 2.11. The highest BCUT2D eigenvalue weighted by Gasteiger charge is 2.22. The van der Waals surface area contributed by atoms with Gasteiger partial charge in [0.25, 0.3) is 0 Å². The summed E-state index contributed by atoms with van der Waals surface area (Å²) in [4.78, 5) is 2.35. The van der Waals surface area contributed by atoms with Crippen molar-refractivity contribution in [1.29, 1.82) is 0 Å². The van der Waals surface area contributed by atoms with E-state index >= 15 is 0 Å². The van der Waals surface area contributed by atoms with Gasteiger partial charge in [-0.2, -0.15) is 0 Å². The zero-order valence-electron chi connectivity index (χ0n) is 6.28. The molecule has 0 rings (SSSR count). The van der Waals surface area contributed by atoms with Crippen LogP contribution in [0.3, 0.4) is 0 Å². The van der Waals surface area contributed by atoms with Crippen LogP contribution in [0.25, 0.3) is 10.4 Å². The zero-order chi connectivity index (χ0) is 9.56. The Morgan fingerprint density at radius 3 is 2.25 bits per heavy atom. The van der Waals surface area contributed by atoms with Crippen LogP contribution in [-0.4, -0.2) is 51.9 Å². The molecule has 3 atom stereocenters. The lowest BCUT2D eigenvalue weighted by molar-refractivity contribution is -0.0726. The first-order chi connectivity index (χ1) is 5.63. The summed E-state index contributed by atoms with van der Waals surface area (Å²) in [6, 6.07) is 0. The van der Waals surface area contributed by atoms with Gasteiger partial charge in [-0.05, 0) is 5.53 Å². The first-order valence-corrected chi connectivity index (χ1v) is 3.29. The normalized spacial score (nSPS) is 17.7. The fraction of sp³-hybridized carbons (Fsp3) is 1.00. The van der Waals surface area contributed by atoms with Crippen LogP contribution in [-0.2, 0) is 0 Å². The van der Waals surface area contributed by atoms with E-state index < -0.39 is 24.9 Å². The summed E-state index contributed by atoms with van der Waals surface area (Å²) in [7, 11) is 0. The van der Waals surface area contributed by atoms with Gasteiger partial charge in [-0.15, -0.1) is 0 Å². The Morgan fingerprint density at radius 2 is 1.83 bits per heavy atom. The number of hydrogen-bond donors (Lipinski definition) is 4. The Morgan fingerprint density at radius 1 is 1.25 bits per heavy atom. The molecule has 7 nitrogen and oxygen atoms in total. The first-order valence-electron chi connectivity index (χ1n) is 3.29. The van der Waals surface area contributed by atoms with E-state index in [4.69, 9.17) is 26.0 Å². The third-order valence-corrected chi connectivity index (χ3v) is 1.31. The van der Waals surface area contributed by atoms with Gasteiger partial charge in [0.1, 0.15) is 12.2 Å². The molecule has 4 N–H and O–H groups in total. The second kappa shape index (κ2) is 5.76. The third kappa shape index (κ3) is 3.51. The maximum Gasteiger partial charge on any atom is 0.108 e. The maximum absolute atomic E-state index is 8.97. The third-order valence-electron chi connectivity index (χ3n) is 1.31. The molecule has 0 aliphatic rings. The minimum atomic E-state index is -1.50. The highest BCUT2D eigenvalue weighted by molar-refractivity contribution is 4.76. The molecule has 0 aromatic carbocycles.